The maximum absolute atomic E-state index is 12.3. The van der Waals surface area contributed by atoms with Crippen LogP contribution in [-0.4, -0.2) is 23.8 Å². The summed E-state index contributed by atoms with van der Waals surface area (Å²) in [6, 6.07) is 8.21. The van der Waals surface area contributed by atoms with Gasteiger partial charge >= 0.3 is 0 Å². The van der Waals surface area contributed by atoms with Crippen molar-refractivity contribution in [2.75, 3.05) is 12.4 Å². The van der Waals surface area contributed by atoms with Gasteiger partial charge in [-0.3, -0.25) is 9.59 Å². The molecular weight excluding hydrogens is 350 g/mol. The summed E-state index contributed by atoms with van der Waals surface area (Å²) < 4.78 is 5.26. The molecule has 8 heteroatoms. The van der Waals surface area contributed by atoms with E-state index in [1.54, 1.807) is 35.9 Å². The van der Waals surface area contributed by atoms with Gasteiger partial charge in [0.15, 0.2) is 10.8 Å². The number of anilines is 1. The maximum Gasteiger partial charge on any atom is 0.275 e. The molecule has 2 N–H and O–H groups in total. The minimum atomic E-state index is -0.380. The van der Waals surface area contributed by atoms with E-state index in [1.807, 2.05) is 0 Å². The van der Waals surface area contributed by atoms with Crippen molar-refractivity contribution in [1.29, 1.82) is 0 Å². The number of rotatable bonds is 4. The molecule has 0 radical (unpaired) electrons. The molecule has 0 aliphatic rings. The fourth-order valence-electron chi connectivity index (χ4n) is 2.00. The van der Waals surface area contributed by atoms with Crippen LogP contribution in [0.4, 0.5) is 5.69 Å². The van der Waals surface area contributed by atoms with Crippen LogP contribution in [0.2, 0.25) is 5.02 Å². The lowest BCUT2D eigenvalue weighted by atomic mass is 10.2. The molecule has 0 atom stereocenters. The van der Waals surface area contributed by atoms with Gasteiger partial charge in [-0.25, -0.2) is 4.98 Å². The molecule has 0 spiro atoms. The average molecular weight is 362 g/mol. The van der Waals surface area contributed by atoms with Gasteiger partial charge in [-0.15, -0.1) is 11.3 Å². The van der Waals surface area contributed by atoms with E-state index in [9.17, 15) is 9.59 Å². The largest absolute Gasteiger partial charge is 0.462 e. The number of carbonyl (C=O) groups is 2. The van der Waals surface area contributed by atoms with Crippen molar-refractivity contribution in [3.8, 4) is 10.8 Å². The number of thiazole rings is 1. The fourth-order valence-corrected chi connectivity index (χ4v) is 2.97. The summed E-state index contributed by atoms with van der Waals surface area (Å²) in [7, 11) is 1.51. The molecule has 1 aromatic carbocycles. The number of nitrogens with zero attached hydrogens (tertiary/aromatic N) is 1. The summed E-state index contributed by atoms with van der Waals surface area (Å²) in [6.45, 7) is 0. The van der Waals surface area contributed by atoms with Gasteiger partial charge in [0.25, 0.3) is 11.8 Å². The summed E-state index contributed by atoms with van der Waals surface area (Å²) in [5.74, 6) is -0.105. The van der Waals surface area contributed by atoms with Crippen LogP contribution >= 0.6 is 22.9 Å². The van der Waals surface area contributed by atoms with Crippen molar-refractivity contribution in [2.24, 2.45) is 0 Å². The number of hydrogen-bond acceptors (Lipinski definition) is 5. The minimum Gasteiger partial charge on any atom is -0.462 e. The Kier molecular flexibility index (Phi) is 4.64. The average Bonchev–Trinajstić information content (AvgIpc) is 3.26. The highest BCUT2D eigenvalue weighted by Gasteiger charge is 2.15. The predicted molar refractivity (Wildman–Crippen MR) is 92.6 cm³/mol. The second kappa shape index (κ2) is 6.86. The van der Waals surface area contributed by atoms with E-state index in [1.165, 1.54) is 24.5 Å². The van der Waals surface area contributed by atoms with Gasteiger partial charge in [0.1, 0.15) is 5.69 Å². The first-order valence-electron chi connectivity index (χ1n) is 6.91. The molecule has 24 heavy (non-hydrogen) atoms. The molecule has 2 heterocycles. The van der Waals surface area contributed by atoms with E-state index in [2.05, 4.69) is 15.6 Å². The van der Waals surface area contributed by atoms with E-state index in [0.717, 1.165) is 0 Å². The van der Waals surface area contributed by atoms with Crippen molar-refractivity contribution in [2.45, 2.75) is 0 Å². The Morgan fingerprint density at radius 3 is 2.79 bits per heavy atom. The first kappa shape index (κ1) is 16.2. The zero-order chi connectivity index (χ0) is 17.1. The second-order valence-electron chi connectivity index (χ2n) is 4.74. The van der Waals surface area contributed by atoms with Gasteiger partial charge in [-0.2, -0.15) is 0 Å². The second-order valence-corrected chi connectivity index (χ2v) is 6.01. The molecule has 0 saturated heterocycles. The Balaban J connectivity index is 1.79. The molecular formula is C16H12ClN3O3S. The summed E-state index contributed by atoms with van der Waals surface area (Å²) in [5.41, 5.74) is 1.00. The van der Waals surface area contributed by atoms with Crippen LogP contribution in [0.3, 0.4) is 0 Å². The minimum absolute atomic E-state index is 0.267. The lowest BCUT2D eigenvalue weighted by molar-refractivity contribution is 0.0961. The molecule has 0 unspecified atom stereocenters. The van der Waals surface area contributed by atoms with Gasteiger partial charge in [0, 0.05) is 18.1 Å². The Morgan fingerprint density at radius 1 is 1.25 bits per heavy atom. The van der Waals surface area contributed by atoms with Gasteiger partial charge in [0.05, 0.1) is 16.8 Å². The summed E-state index contributed by atoms with van der Waals surface area (Å²) in [5, 5.41) is 7.76. The number of benzene rings is 1. The van der Waals surface area contributed by atoms with Crippen LogP contribution in [-0.2, 0) is 0 Å². The van der Waals surface area contributed by atoms with Crippen LogP contribution in [0, 0.1) is 0 Å². The topological polar surface area (TPSA) is 84.2 Å². The molecule has 3 aromatic rings. The van der Waals surface area contributed by atoms with Crippen molar-refractivity contribution < 1.29 is 14.0 Å². The third kappa shape index (κ3) is 3.32. The normalized spacial score (nSPS) is 10.4. The highest BCUT2D eigenvalue weighted by Crippen LogP contribution is 2.25. The number of amides is 2. The smallest absolute Gasteiger partial charge is 0.275 e. The van der Waals surface area contributed by atoms with E-state index < -0.39 is 0 Å². The van der Waals surface area contributed by atoms with Gasteiger partial charge in [0.2, 0.25) is 0 Å². The fraction of sp³-hybridized carbons (Fsp3) is 0.0625. The van der Waals surface area contributed by atoms with E-state index in [0.29, 0.717) is 21.5 Å². The van der Waals surface area contributed by atoms with Gasteiger partial charge in [-0.1, -0.05) is 11.6 Å². The Morgan fingerprint density at radius 2 is 2.08 bits per heavy atom. The highest BCUT2D eigenvalue weighted by atomic mass is 35.5. The molecule has 3 rings (SSSR count). The molecule has 0 saturated carbocycles. The third-order valence-corrected chi connectivity index (χ3v) is 4.35. The van der Waals surface area contributed by atoms with Crippen molar-refractivity contribution >= 4 is 40.4 Å². The third-order valence-electron chi connectivity index (χ3n) is 3.16. The summed E-state index contributed by atoms with van der Waals surface area (Å²) >= 11 is 7.30. The Bertz CT molecular complexity index is 890. The number of nitrogens with one attached hydrogen (secondary N) is 2. The van der Waals surface area contributed by atoms with Crippen LogP contribution in [0.25, 0.3) is 10.8 Å². The van der Waals surface area contributed by atoms with Crippen molar-refractivity contribution in [3.05, 3.63) is 58.3 Å². The molecule has 2 amide bonds. The van der Waals surface area contributed by atoms with Crippen molar-refractivity contribution in [3.63, 3.8) is 0 Å². The van der Waals surface area contributed by atoms with Crippen LogP contribution < -0.4 is 10.6 Å². The highest BCUT2D eigenvalue weighted by molar-refractivity contribution is 7.13. The number of carbonyl (C=O) groups excluding carboxylic acids is 2. The SMILES string of the molecule is CNC(=O)c1cc(NC(=O)c2csc(-c3ccco3)n2)ccc1Cl. The molecule has 0 bridgehead atoms. The quantitative estimate of drug-likeness (QED) is 0.742. The van der Waals surface area contributed by atoms with Crippen molar-refractivity contribution in [1.82, 2.24) is 10.3 Å². The van der Waals surface area contributed by atoms with Gasteiger partial charge < -0.3 is 15.1 Å². The molecule has 0 aliphatic carbocycles. The molecule has 6 nitrogen and oxygen atoms in total. The zero-order valence-electron chi connectivity index (χ0n) is 12.5. The van der Waals surface area contributed by atoms with E-state index in [4.69, 9.17) is 16.0 Å². The maximum atomic E-state index is 12.3. The lowest BCUT2D eigenvalue weighted by Crippen LogP contribution is -2.19. The summed E-state index contributed by atoms with van der Waals surface area (Å²) in [6.07, 6.45) is 1.55. The van der Waals surface area contributed by atoms with E-state index >= 15 is 0 Å². The zero-order valence-corrected chi connectivity index (χ0v) is 14.1. The van der Waals surface area contributed by atoms with Crippen LogP contribution in [0.15, 0.2) is 46.4 Å². The first-order valence-corrected chi connectivity index (χ1v) is 8.16. The molecule has 0 aliphatic heterocycles. The number of hydrogen-bond donors (Lipinski definition) is 2. The van der Waals surface area contributed by atoms with Crippen LogP contribution in [0.5, 0.6) is 0 Å². The Hall–Kier alpha value is -2.64. The standard InChI is InChI=1S/C16H12ClN3O3S/c1-18-14(21)10-7-9(4-5-11(10)17)19-15(22)12-8-24-16(20-12)13-3-2-6-23-13/h2-8H,1H3,(H,18,21)(H,19,22). The van der Waals surface area contributed by atoms with Crippen LogP contribution in [0.1, 0.15) is 20.8 Å². The summed E-state index contributed by atoms with van der Waals surface area (Å²) in [4.78, 5) is 28.3. The lowest BCUT2D eigenvalue weighted by Gasteiger charge is -2.07. The number of aromatic nitrogens is 1. The monoisotopic (exact) mass is 361 g/mol. The number of furan rings is 1. The van der Waals surface area contributed by atoms with E-state index in [-0.39, 0.29) is 23.1 Å². The Labute approximate surface area is 146 Å². The first-order chi connectivity index (χ1) is 11.6. The molecule has 2 aromatic heterocycles. The predicted octanol–water partition coefficient (Wildman–Crippen LogP) is 3.67. The molecule has 0 fully saturated rings. The number of halogens is 1. The molecule has 122 valence electrons. The van der Waals surface area contributed by atoms with Gasteiger partial charge in [-0.05, 0) is 30.3 Å².